The molecule has 5 nitrogen and oxygen atoms in total. The average molecular weight is 505 g/mol. The van der Waals surface area contributed by atoms with Crippen molar-refractivity contribution in [1.29, 1.82) is 0 Å². The molecule has 1 amide bonds. The van der Waals surface area contributed by atoms with E-state index in [1.165, 1.54) is 16.9 Å². The first-order valence-electron chi connectivity index (χ1n) is 9.68. The smallest absolute Gasteiger partial charge is 0.265 e. The van der Waals surface area contributed by atoms with E-state index in [1.807, 2.05) is 17.5 Å². The number of fused-ring (bicyclic) bond motifs is 1. The summed E-state index contributed by atoms with van der Waals surface area (Å²) in [4.78, 5) is 13.5. The fourth-order valence-corrected chi connectivity index (χ4v) is 5.99. The third-order valence-corrected chi connectivity index (χ3v) is 7.79. The minimum atomic E-state index is -3.37. The monoisotopic (exact) mass is 504 g/mol. The van der Waals surface area contributed by atoms with Crippen LogP contribution in [-0.2, 0) is 15.4 Å². The number of anilines is 2. The number of hydrogen-bond donors (Lipinski definition) is 2. The van der Waals surface area contributed by atoms with Crippen LogP contribution in [0.3, 0.4) is 0 Å². The van der Waals surface area contributed by atoms with Crippen LogP contribution in [0.15, 0.2) is 59.3 Å². The number of thiophene rings is 2. The van der Waals surface area contributed by atoms with E-state index in [1.54, 1.807) is 41.7 Å². The maximum absolute atomic E-state index is 12.9. The number of nitrogens with one attached hydrogen (secondary N) is 2. The van der Waals surface area contributed by atoms with Gasteiger partial charge in [-0.15, -0.1) is 11.3 Å². The topological polar surface area (TPSA) is 75.3 Å². The van der Waals surface area contributed by atoms with Crippen molar-refractivity contribution in [1.82, 2.24) is 0 Å². The molecule has 0 aliphatic rings. The molecule has 2 aromatic heterocycles. The summed E-state index contributed by atoms with van der Waals surface area (Å²) >= 11 is 9.37. The number of carbonyl (C=O) groups excluding carboxylic acids is 1. The van der Waals surface area contributed by atoms with Crippen molar-refractivity contribution >= 4 is 71.7 Å². The molecule has 0 spiro atoms. The number of halogens is 1. The van der Waals surface area contributed by atoms with Gasteiger partial charge >= 0.3 is 0 Å². The van der Waals surface area contributed by atoms with E-state index in [0.29, 0.717) is 21.3 Å². The predicted octanol–water partition coefficient (Wildman–Crippen LogP) is 6.57. The summed E-state index contributed by atoms with van der Waals surface area (Å²) in [6, 6.07) is 14.6. The molecule has 0 saturated heterocycles. The van der Waals surface area contributed by atoms with Crippen LogP contribution in [0.25, 0.3) is 10.1 Å². The number of rotatable bonds is 6. The van der Waals surface area contributed by atoms with Crippen LogP contribution < -0.4 is 10.0 Å². The highest BCUT2D eigenvalue weighted by Gasteiger charge is 2.25. The van der Waals surface area contributed by atoms with Crippen LogP contribution in [0.4, 0.5) is 11.4 Å². The molecular weight excluding hydrogens is 484 g/mol. The van der Waals surface area contributed by atoms with Gasteiger partial charge in [0.2, 0.25) is 10.0 Å². The van der Waals surface area contributed by atoms with Gasteiger partial charge in [0.05, 0.1) is 11.1 Å². The summed E-state index contributed by atoms with van der Waals surface area (Å²) in [5.41, 5.74) is 3.01. The Morgan fingerprint density at radius 3 is 2.47 bits per heavy atom. The zero-order chi connectivity index (χ0) is 23.1. The Bertz CT molecular complexity index is 1410. The van der Waals surface area contributed by atoms with E-state index >= 15 is 0 Å². The van der Waals surface area contributed by atoms with E-state index in [-0.39, 0.29) is 11.3 Å². The van der Waals surface area contributed by atoms with Crippen LogP contribution in [0.1, 0.15) is 34.6 Å². The number of hydrogen-bond acceptors (Lipinski definition) is 5. The second-order valence-corrected chi connectivity index (χ2v) is 12.1. The summed E-state index contributed by atoms with van der Waals surface area (Å²) in [6.45, 7) is 4.25. The molecule has 2 N–H and O–H groups in total. The standard InChI is InChI=1S/C23H21ClN2O3S3/c1-23(2,15-6-7-30-13-15)16-10-17(24)12-19(11-16)25-22(27)21-9-14-8-18(26-32(3,28)29)4-5-20(14)31-21/h4-13,26H,1-3H3,(H,25,27). The normalized spacial score (nSPS) is 12.1. The van der Waals surface area contributed by atoms with Gasteiger partial charge in [-0.1, -0.05) is 25.4 Å². The van der Waals surface area contributed by atoms with Crippen LogP contribution in [0, 0.1) is 0 Å². The molecular formula is C23H21ClN2O3S3. The summed E-state index contributed by atoms with van der Waals surface area (Å²) in [5, 5.41) is 8.45. The largest absolute Gasteiger partial charge is 0.321 e. The molecule has 0 aliphatic heterocycles. The highest BCUT2D eigenvalue weighted by molar-refractivity contribution is 7.92. The van der Waals surface area contributed by atoms with E-state index in [9.17, 15) is 13.2 Å². The van der Waals surface area contributed by atoms with E-state index in [2.05, 4.69) is 35.3 Å². The Morgan fingerprint density at radius 2 is 1.78 bits per heavy atom. The second-order valence-electron chi connectivity index (χ2n) is 8.06. The van der Waals surface area contributed by atoms with Crippen molar-refractivity contribution < 1.29 is 13.2 Å². The maximum atomic E-state index is 12.9. The van der Waals surface area contributed by atoms with Crippen molar-refractivity contribution in [2.45, 2.75) is 19.3 Å². The maximum Gasteiger partial charge on any atom is 0.265 e. The van der Waals surface area contributed by atoms with Crippen molar-refractivity contribution in [3.63, 3.8) is 0 Å². The SMILES string of the molecule is CC(C)(c1ccsc1)c1cc(Cl)cc(NC(=O)c2cc3cc(NS(C)(=O)=O)ccc3s2)c1. The van der Waals surface area contributed by atoms with Gasteiger partial charge in [-0.05, 0) is 75.8 Å². The number of benzene rings is 2. The van der Waals surface area contributed by atoms with Gasteiger partial charge in [0, 0.05) is 26.5 Å². The molecule has 166 valence electrons. The molecule has 0 aliphatic carbocycles. The summed E-state index contributed by atoms with van der Waals surface area (Å²) in [5.74, 6) is -0.245. The Kier molecular flexibility index (Phi) is 6.06. The third kappa shape index (κ3) is 4.99. The molecule has 0 radical (unpaired) electrons. The lowest BCUT2D eigenvalue weighted by Gasteiger charge is -2.25. The first kappa shape index (κ1) is 22.8. The van der Waals surface area contributed by atoms with E-state index < -0.39 is 10.0 Å². The molecule has 0 saturated carbocycles. The fraction of sp³-hybridized carbons (Fsp3) is 0.174. The zero-order valence-corrected chi connectivity index (χ0v) is 20.8. The third-order valence-electron chi connectivity index (χ3n) is 5.16. The van der Waals surface area contributed by atoms with Crippen molar-refractivity contribution in [3.8, 4) is 0 Å². The van der Waals surface area contributed by atoms with Gasteiger partial charge in [-0.2, -0.15) is 11.3 Å². The molecule has 32 heavy (non-hydrogen) atoms. The Balaban J connectivity index is 1.60. The number of sulfonamides is 1. The zero-order valence-electron chi connectivity index (χ0n) is 17.6. The van der Waals surface area contributed by atoms with E-state index in [0.717, 1.165) is 21.9 Å². The number of carbonyl (C=O) groups is 1. The van der Waals surface area contributed by atoms with Gasteiger partial charge in [0.1, 0.15) is 0 Å². The predicted molar refractivity (Wildman–Crippen MR) is 136 cm³/mol. The van der Waals surface area contributed by atoms with Crippen molar-refractivity contribution in [3.05, 3.63) is 80.3 Å². The molecule has 2 heterocycles. The van der Waals surface area contributed by atoms with Gasteiger partial charge in [0.25, 0.3) is 5.91 Å². The summed E-state index contributed by atoms with van der Waals surface area (Å²) in [6.07, 6.45) is 1.10. The quantitative estimate of drug-likeness (QED) is 0.312. The molecule has 0 fully saturated rings. The second kappa shape index (κ2) is 8.51. The lowest BCUT2D eigenvalue weighted by Crippen LogP contribution is -2.19. The highest BCUT2D eigenvalue weighted by atomic mass is 35.5. The Morgan fingerprint density at radius 1 is 1.00 bits per heavy atom. The van der Waals surface area contributed by atoms with Gasteiger partial charge < -0.3 is 5.32 Å². The van der Waals surface area contributed by atoms with Crippen molar-refractivity contribution in [2.75, 3.05) is 16.3 Å². The highest BCUT2D eigenvalue weighted by Crippen LogP contribution is 2.36. The summed E-state index contributed by atoms with van der Waals surface area (Å²) in [7, 11) is -3.37. The number of amides is 1. The first-order chi connectivity index (χ1) is 15.0. The summed E-state index contributed by atoms with van der Waals surface area (Å²) < 4.78 is 26.3. The van der Waals surface area contributed by atoms with Crippen LogP contribution in [0.5, 0.6) is 0 Å². The van der Waals surface area contributed by atoms with Crippen molar-refractivity contribution in [2.24, 2.45) is 0 Å². The van der Waals surface area contributed by atoms with Gasteiger partial charge in [0.15, 0.2) is 0 Å². The lowest BCUT2D eigenvalue weighted by molar-refractivity contribution is 0.103. The minimum Gasteiger partial charge on any atom is -0.321 e. The average Bonchev–Trinajstić information content (AvgIpc) is 3.36. The first-order valence-corrected chi connectivity index (χ1v) is 13.7. The molecule has 0 unspecified atom stereocenters. The molecule has 0 atom stereocenters. The van der Waals surface area contributed by atoms with Gasteiger partial charge in [-0.3, -0.25) is 9.52 Å². The van der Waals surface area contributed by atoms with Crippen LogP contribution in [-0.4, -0.2) is 20.6 Å². The fourth-order valence-electron chi connectivity index (χ4n) is 3.43. The van der Waals surface area contributed by atoms with Crippen LogP contribution >= 0.6 is 34.3 Å². The van der Waals surface area contributed by atoms with Crippen LogP contribution in [0.2, 0.25) is 5.02 Å². The van der Waals surface area contributed by atoms with Gasteiger partial charge in [-0.25, -0.2) is 8.42 Å². The lowest BCUT2D eigenvalue weighted by atomic mass is 9.79. The molecule has 2 aromatic carbocycles. The molecule has 0 bridgehead atoms. The Labute approximate surface area is 200 Å². The molecule has 4 rings (SSSR count). The molecule has 9 heteroatoms. The van der Waals surface area contributed by atoms with E-state index in [4.69, 9.17) is 11.6 Å². The molecule has 4 aromatic rings. The minimum absolute atomic E-state index is 0.245. The Hall–Kier alpha value is -2.39.